The van der Waals surface area contributed by atoms with E-state index in [2.05, 4.69) is 6.92 Å². The highest BCUT2D eigenvalue weighted by molar-refractivity contribution is 5.42. The average molecular weight is 489 g/mol. The van der Waals surface area contributed by atoms with Gasteiger partial charge < -0.3 is 35.5 Å². The van der Waals surface area contributed by atoms with E-state index in [0.717, 1.165) is 43.4 Å². The lowest BCUT2D eigenvalue weighted by Crippen LogP contribution is -2.15. The Morgan fingerprint density at radius 3 is 2.20 bits per heavy atom. The van der Waals surface area contributed by atoms with Crippen LogP contribution in [0.25, 0.3) is 0 Å². The predicted octanol–water partition coefficient (Wildman–Crippen LogP) is 4.91. The molecule has 0 aliphatic rings. The monoisotopic (exact) mass is 488 g/mol. The molecule has 5 N–H and O–H groups in total. The van der Waals surface area contributed by atoms with Crippen LogP contribution in [0.3, 0.4) is 0 Å². The Morgan fingerprint density at radius 1 is 0.829 bits per heavy atom. The molecule has 7 heteroatoms. The summed E-state index contributed by atoms with van der Waals surface area (Å²) in [4.78, 5) is 0. The highest BCUT2D eigenvalue weighted by Crippen LogP contribution is 2.35. The molecule has 196 valence electrons. The molecular weight excluding hydrogens is 444 g/mol. The first-order valence-corrected chi connectivity index (χ1v) is 12.9. The molecule has 0 aliphatic carbocycles. The molecule has 2 rings (SSSR count). The van der Waals surface area contributed by atoms with Crippen LogP contribution >= 0.6 is 0 Å². The summed E-state index contributed by atoms with van der Waals surface area (Å²) in [5.41, 5.74) is 13.3. The van der Waals surface area contributed by atoms with E-state index in [4.69, 9.17) is 30.4 Å². The van der Waals surface area contributed by atoms with Gasteiger partial charge >= 0.3 is 0 Å². The Labute approximate surface area is 210 Å². The Kier molecular flexibility index (Phi) is 14.2. The lowest BCUT2D eigenvalue weighted by atomic mass is 10.0. The van der Waals surface area contributed by atoms with Gasteiger partial charge in [-0.25, -0.2) is 0 Å². The molecule has 0 saturated carbocycles. The van der Waals surface area contributed by atoms with Crippen molar-refractivity contribution in [2.24, 2.45) is 11.5 Å². The average Bonchev–Trinajstić information content (AvgIpc) is 2.87. The van der Waals surface area contributed by atoms with Crippen molar-refractivity contribution in [3.63, 3.8) is 0 Å². The van der Waals surface area contributed by atoms with Crippen molar-refractivity contribution in [2.75, 3.05) is 40.0 Å². The number of ether oxygens (including phenoxy) is 4. The van der Waals surface area contributed by atoms with Crippen molar-refractivity contribution >= 4 is 0 Å². The second-order valence-corrected chi connectivity index (χ2v) is 8.65. The van der Waals surface area contributed by atoms with E-state index in [1.807, 2.05) is 42.5 Å². The fourth-order valence-corrected chi connectivity index (χ4v) is 3.78. The van der Waals surface area contributed by atoms with Crippen molar-refractivity contribution in [3.8, 4) is 17.2 Å². The van der Waals surface area contributed by atoms with E-state index in [9.17, 15) is 5.11 Å². The van der Waals surface area contributed by atoms with Gasteiger partial charge in [-0.1, -0.05) is 31.9 Å². The third-order valence-corrected chi connectivity index (χ3v) is 5.74. The Balaban J connectivity index is 2.18. The minimum Gasteiger partial charge on any atom is -0.494 e. The third kappa shape index (κ3) is 10.4. The van der Waals surface area contributed by atoms with Crippen LogP contribution in [0, 0.1) is 0 Å². The van der Waals surface area contributed by atoms with Gasteiger partial charge in [-0.2, -0.15) is 0 Å². The normalized spacial score (nSPS) is 12.8. The standard InChI is InChI=1S/C28H44N2O5/c1-3-4-5-18-33-23-10-8-9-22(20-23)27(14-16-30)35-28-12-11-24(34-19-7-6-17-32-2)21-25(28)26(31)13-15-29/h8-12,20-21,26-27,31H,3-7,13-19,29-30H2,1-2H3. The van der Waals surface area contributed by atoms with Crippen molar-refractivity contribution < 1.29 is 24.1 Å². The maximum absolute atomic E-state index is 10.8. The molecule has 7 nitrogen and oxygen atoms in total. The fourth-order valence-electron chi connectivity index (χ4n) is 3.78. The summed E-state index contributed by atoms with van der Waals surface area (Å²) < 4.78 is 23.4. The van der Waals surface area contributed by atoms with Gasteiger partial charge in [0, 0.05) is 25.7 Å². The summed E-state index contributed by atoms with van der Waals surface area (Å²) in [6.07, 6.45) is 5.20. The number of hydrogen-bond acceptors (Lipinski definition) is 7. The van der Waals surface area contributed by atoms with E-state index < -0.39 is 6.10 Å². The zero-order valence-electron chi connectivity index (χ0n) is 21.4. The van der Waals surface area contributed by atoms with Gasteiger partial charge in [0.1, 0.15) is 23.4 Å². The van der Waals surface area contributed by atoms with Gasteiger partial charge in [-0.05, 0) is 74.7 Å². The molecule has 2 aromatic carbocycles. The molecule has 0 radical (unpaired) electrons. The molecular formula is C28H44N2O5. The maximum atomic E-state index is 10.8. The van der Waals surface area contributed by atoms with Crippen molar-refractivity contribution in [3.05, 3.63) is 53.6 Å². The molecule has 0 aliphatic heterocycles. The smallest absolute Gasteiger partial charge is 0.126 e. The number of aliphatic hydroxyl groups excluding tert-OH is 1. The van der Waals surface area contributed by atoms with Crippen LogP contribution in [-0.4, -0.2) is 45.1 Å². The van der Waals surface area contributed by atoms with Gasteiger partial charge in [0.25, 0.3) is 0 Å². The molecule has 0 heterocycles. The van der Waals surface area contributed by atoms with Crippen LogP contribution in [0.4, 0.5) is 0 Å². The number of benzene rings is 2. The number of rotatable bonds is 19. The SMILES string of the molecule is CCCCCOc1cccc(C(CCN)Oc2ccc(OCCCCOC)cc2C(O)CCN)c1. The van der Waals surface area contributed by atoms with Crippen LogP contribution in [0.5, 0.6) is 17.2 Å². The zero-order chi connectivity index (χ0) is 25.3. The third-order valence-electron chi connectivity index (χ3n) is 5.74. The van der Waals surface area contributed by atoms with Crippen LogP contribution in [0.1, 0.15) is 75.2 Å². The molecule has 2 atom stereocenters. The molecule has 0 spiro atoms. The molecule has 35 heavy (non-hydrogen) atoms. The molecule has 2 aromatic rings. The van der Waals surface area contributed by atoms with Crippen LogP contribution in [-0.2, 0) is 4.74 Å². The second kappa shape index (κ2) is 17.2. The van der Waals surface area contributed by atoms with E-state index in [1.165, 1.54) is 0 Å². The summed E-state index contributed by atoms with van der Waals surface area (Å²) >= 11 is 0. The van der Waals surface area contributed by atoms with Gasteiger partial charge in [-0.15, -0.1) is 0 Å². The van der Waals surface area contributed by atoms with Crippen molar-refractivity contribution in [1.29, 1.82) is 0 Å². The van der Waals surface area contributed by atoms with E-state index in [1.54, 1.807) is 7.11 Å². The first-order chi connectivity index (χ1) is 17.1. The minimum atomic E-state index is -0.751. The van der Waals surface area contributed by atoms with Gasteiger partial charge in [0.15, 0.2) is 0 Å². The highest BCUT2D eigenvalue weighted by Gasteiger charge is 2.20. The summed E-state index contributed by atoms with van der Waals surface area (Å²) in [7, 11) is 1.69. The Bertz CT molecular complexity index is 833. The van der Waals surface area contributed by atoms with Gasteiger partial charge in [-0.3, -0.25) is 0 Å². The van der Waals surface area contributed by atoms with Gasteiger partial charge in [0.05, 0.1) is 19.3 Å². The minimum absolute atomic E-state index is 0.274. The molecule has 0 bridgehead atoms. The number of methoxy groups -OCH3 is 1. The first kappa shape index (κ1) is 28.9. The lowest BCUT2D eigenvalue weighted by Gasteiger charge is -2.24. The summed E-state index contributed by atoms with van der Waals surface area (Å²) in [5, 5.41) is 10.8. The van der Waals surface area contributed by atoms with Crippen LogP contribution < -0.4 is 25.7 Å². The van der Waals surface area contributed by atoms with E-state index in [-0.39, 0.29) is 6.10 Å². The number of hydrogen-bond donors (Lipinski definition) is 3. The molecule has 0 amide bonds. The topological polar surface area (TPSA) is 109 Å². The first-order valence-electron chi connectivity index (χ1n) is 12.9. The predicted molar refractivity (Wildman–Crippen MR) is 140 cm³/mol. The maximum Gasteiger partial charge on any atom is 0.126 e. The molecule has 0 aromatic heterocycles. The Hall–Kier alpha value is -2.32. The fraction of sp³-hybridized carbons (Fsp3) is 0.571. The van der Waals surface area contributed by atoms with E-state index in [0.29, 0.717) is 62.8 Å². The summed E-state index contributed by atoms with van der Waals surface area (Å²) in [6, 6.07) is 13.5. The highest BCUT2D eigenvalue weighted by atomic mass is 16.5. The molecule has 0 fully saturated rings. The summed E-state index contributed by atoms with van der Waals surface area (Å²) in [5.74, 6) is 2.12. The van der Waals surface area contributed by atoms with Crippen LogP contribution in [0.2, 0.25) is 0 Å². The largest absolute Gasteiger partial charge is 0.494 e. The van der Waals surface area contributed by atoms with Gasteiger partial charge in [0.2, 0.25) is 0 Å². The van der Waals surface area contributed by atoms with E-state index >= 15 is 0 Å². The second-order valence-electron chi connectivity index (χ2n) is 8.65. The van der Waals surface area contributed by atoms with Crippen LogP contribution in [0.15, 0.2) is 42.5 Å². The number of aliphatic hydroxyl groups is 1. The number of nitrogens with two attached hydrogens (primary N) is 2. The van der Waals surface area contributed by atoms with Crippen molar-refractivity contribution in [1.82, 2.24) is 0 Å². The lowest BCUT2D eigenvalue weighted by molar-refractivity contribution is 0.150. The molecule has 0 saturated heterocycles. The zero-order valence-corrected chi connectivity index (χ0v) is 21.4. The number of unbranched alkanes of at least 4 members (excludes halogenated alkanes) is 3. The van der Waals surface area contributed by atoms with Crippen molar-refractivity contribution in [2.45, 2.75) is 64.1 Å². The Morgan fingerprint density at radius 2 is 1.51 bits per heavy atom. The quantitative estimate of drug-likeness (QED) is 0.241. The summed E-state index contributed by atoms with van der Waals surface area (Å²) in [6.45, 7) is 5.00. The molecule has 2 unspecified atom stereocenters.